The molecule has 0 radical (unpaired) electrons. The third kappa shape index (κ3) is 4.03. The maximum absolute atomic E-state index is 12.3. The summed E-state index contributed by atoms with van der Waals surface area (Å²) >= 11 is 11.8. The van der Waals surface area contributed by atoms with Crippen LogP contribution in [0, 0.1) is 0 Å². The van der Waals surface area contributed by atoms with Crippen LogP contribution in [0.1, 0.15) is 36.8 Å². The third-order valence-corrected chi connectivity index (χ3v) is 4.00. The molecule has 0 aliphatic carbocycles. The van der Waals surface area contributed by atoms with E-state index in [-0.39, 0.29) is 18.4 Å². The molecule has 0 fully saturated rings. The second-order valence-corrected chi connectivity index (χ2v) is 5.99. The van der Waals surface area contributed by atoms with Crippen molar-refractivity contribution in [3.8, 4) is 0 Å². The number of hydrogen-bond acceptors (Lipinski definition) is 3. The van der Waals surface area contributed by atoms with E-state index in [9.17, 15) is 9.90 Å². The van der Waals surface area contributed by atoms with Crippen LogP contribution in [-0.4, -0.2) is 23.0 Å². The van der Waals surface area contributed by atoms with E-state index in [1.54, 1.807) is 37.6 Å². The Morgan fingerprint density at radius 2 is 1.95 bits per heavy atom. The van der Waals surface area contributed by atoms with E-state index in [1.165, 1.54) is 4.90 Å². The first-order valence-corrected chi connectivity index (χ1v) is 7.57. The van der Waals surface area contributed by atoms with Gasteiger partial charge < -0.3 is 14.4 Å². The largest absolute Gasteiger partial charge is 0.467 e. The fraction of sp³-hybridized carbons (Fsp3) is 0.312. The van der Waals surface area contributed by atoms with Gasteiger partial charge in [0, 0.05) is 17.1 Å². The highest BCUT2D eigenvalue weighted by atomic mass is 35.5. The minimum Gasteiger partial charge on any atom is -0.467 e. The maximum Gasteiger partial charge on any atom is 0.225 e. The Kier molecular flexibility index (Phi) is 5.51. The van der Waals surface area contributed by atoms with Gasteiger partial charge in [0.05, 0.1) is 24.8 Å². The normalized spacial score (nSPS) is 13.7. The number of aliphatic hydroxyl groups excluding tert-OH is 1. The summed E-state index contributed by atoms with van der Waals surface area (Å²) in [5.74, 6) is 0.489. The van der Waals surface area contributed by atoms with Gasteiger partial charge in [0.1, 0.15) is 5.76 Å². The first kappa shape index (κ1) is 16.9. The van der Waals surface area contributed by atoms with Crippen LogP contribution < -0.4 is 0 Å². The van der Waals surface area contributed by atoms with Gasteiger partial charge >= 0.3 is 0 Å². The van der Waals surface area contributed by atoms with Gasteiger partial charge in [-0.2, -0.15) is 0 Å². The van der Waals surface area contributed by atoms with Crippen LogP contribution in [0.15, 0.2) is 41.0 Å². The van der Waals surface area contributed by atoms with Gasteiger partial charge in [-0.1, -0.05) is 23.2 Å². The Morgan fingerprint density at radius 3 is 2.50 bits per heavy atom. The van der Waals surface area contributed by atoms with Crippen molar-refractivity contribution in [2.24, 2.45) is 0 Å². The highest BCUT2D eigenvalue weighted by Crippen LogP contribution is 2.27. The highest BCUT2D eigenvalue weighted by Gasteiger charge is 2.22. The first-order chi connectivity index (χ1) is 10.4. The molecule has 1 N–H and O–H groups in total. The molecule has 118 valence electrons. The lowest BCUT2D eigenvalue weighted by atomic mass is 10.1. The fourth-order valence-electron chi connectivity index (χ4n) is 2.13. The summed E-state index contributed by atoms with van der Waals surface area (Å²) in [5, 5.41) is 11.1. The number of nitrogens with zero attached hydrogens (tertiary/aromatic N) is 1. The van der Waals surface area contributed by atoms with Crippen molar-refractivity contribution in [1.29, 1.82) is 0 Å². The Bertz CT molecular complexity index is 623. The monoisotopic (exact) mass is 341 g/mol. The summed E-state index contributed by atoms with van der Waals surface area (Å²) in [6.07, 6.45) is 0.542. The van der Waals surface area contributed by atoms with Crippen LogP contribution in [0.2, 0.25) is 10.0 Å². The van der Waals surface area contributed by atoms with Crippen LogP contribution in [-0.2, 0) is 4.79 Å². The maximum atomic E-state index is 12.3. The van der Waals surface area contributed by atoms with Gasteiger partial charge in [-0.15, -0.1) is 0 Å². The van der Waals surface area contributed by atoms with Gasteiger partial charge in [-0.3, -0.25) is 4.79 Å². The second kappa shape index (κ2) is 7.18. The van der Waals surface area contributed by atoms with Gasteiger partial charge in [0.15, 0.2) is 0 Å². The smallest absolute Gasteiger partial charge is 0.225 e. The average Bonchev–Trinajstić information content (AvgIpc) is 2.98. The summed E-state index contributed by atoms with van der Waals surface area (Å²) in [6.45, 7) is 1.86. The minimum atomic E-state index is -0.963. The molecule has 0 saturated carbocycles. The molecule has 2 rings (SSSR count). The lowest BCUT2D eigenvalue weighted by Gasteiger charge is -2.24. The minimum absolute atomic E-state index is 0.0573. The summed E-state index contributed by atoms with van der Waals surface area (Å²) in [7, 11) is 1.67. The number of amides is 1. The number of furan rings is 1. The van der Waals surface area contributed by atoms with Crippen molar-refractivity contribution in [2.75, 3.05) is 7.05 Å². The quantitative estimate of drug-likeness (QED) is 0.885. The van der Waals surface area contributed by atoms with Crippen molar-refractivity contribution in [2.45, 2.75) is 25.5 Å². The van der Waals surface area contributed by atoms with Gasteiger partial charge in [0.25, 0.3) is 0 Å². The molecule has 0 aliphatic heterocycles. The lowest BCUT2D eigenvalue weighted by molar-refractivity contribution is -0.134. The molecule has 2 atom stereocenters. The molecule has 2 unspecified atom stereocenters. The van der Waals surface area contributed by atoms with Crippen LogP contribution >= 0.6 is 23.2 Å². The van der Waals surface area contributed by atoms with E-state index >= 15 is 0 Å². The Hall–Kier alpha value is -1.49. The molecule has 6 heteroatoms. The molecule has 4 nitrogen and oxygen atoms in total. The zero-order valence-electron chi connectivity index (χ0n) is 12.3. The molecule has 0 saturated heterocycles. The molecule has 0 bridgehead atoms. The molecule has 2 aromatic rings. The van der Waals surface area contributed by atoms with Crippen molar-refractivity contribution in [1.82, 2.24) is 4.90 Å². The van der Waals surface area contributed by atoms with Crippen molar-refractivity contribution in [3.63, 3.8) is 0 Å². The van der Waals surface area contributed by atoms with Crippen LogP contribution in [0.3, 0.4) is 0 Å². The van der Waals surface area contributed by atoms with Crippen molar-refractivity contribution in [3.05, 3.63) is 58.0 Å². The van der Waals surface area contributed by atoms with E-state index in [4.69, 9.17) is 27.6 Å². The predicted octanol–water partition coefficient (Wildman–Crippen LogP) is 4.23. The molecule has 1 amide bonds. The van der Waals surface area contributed by atoms with Crippen molar-refractivity contribution < 1.29 is 14.3 Å². The molecule has 0 spiro atoms. The Morgan fingerprint density at radius 1 is 1.32 bits per heavy atom. The number of aliphatic hydroxyl groups is 1. The summed E-state index contributed by atoms with van der Waals surface area (Å²) < 4.78 is 5.30. The standard InChI is InChI=1S/C16H17Cl2NO3/c1-10(15-4-3-5-22-15)19(2)16(21)9-14(20)11-6-12(17)8-13(18)7-11/h3-8,10,14,20H,9H2,1-2H3. The Balaban J connectivity index is 2.04. The van der Waals surface area contributed by atoms with Gasteiger partial charge in [-0.25, -0.2) is 0 Å². The molecule has 22 heavy (non-hydrogen) atoms. The first-order valence-electron chi connectivity index (χ1n) is 6.81. The number of hydrogen-bond donors (Lipinski definition) is 1. The number of carbonyl (C=O) groups is 1. The number of carbonyl (C=O) groups excluding carboxylic acids is 1. The van der Waals surface area contributed by atoms with E-state index in [0.29, 0.717) is 21.4 Å². The molecular weight excluding hydrogens is 325 g/mol. The van der Waals surface area contributed by atoms with E-state index in [0.717, 1.165) is 0 Å². The number of rotatable bonds is 5. The SMILES string of the molecule is CC(c1ccco1)N(C)C(=O)CC(O)c1cc(Cl)cc(Cl)c1. The number of halogens is 2. The van der Waals surface area contributed by atoms with Crippen LogP contribution in [0.25, 0.3) is 0 Å². The second-order valence-electron chi connectivity index (χ2n) is 5.12. The molecule has 1 aromatic heterocycles. The summed E-state index contributed by atoms with van der Waals surface area (Å²) in [4.78, 5) is 13.8. The van der Waals surface area contributed by atoms with Crippen LogP contribution in [0.5, 0.6) is 0 Å². The fourth-order valence-corrected chi connectivity index (χ4v) is 2.67. The highest BCUT2D eigenvalue weighted by molar-refractivity contribution is 6.34. The molecule has 1 heterocycles. The summed E-state index contributed by atoms with van der Waals surface area (Å²) in [5.41, 5.74) is 0.518. The van der Waals surface area contributed by atoms with Gasteiger partial charge in [0.2, 0.25) is 5.91 Å². The van der Waals surface area contributed by atoms with E-state index < -0.39 is 6.10 Å². The lowest BCUT2D eigenvalue weighted by Crippen LogP contribution is -2.30. The zero-order valence-corrected chi connectivity index (χ0v) is 13.8. The van der Waals surface area contributed by atoms with E-state index in [1.807, 2.05) is 13.0 Å². The molecular formula is C16H17Cl2NO3. The molecule has 0 aliphatic rings. The third-order valence-electron chi connectivity index (χ3n) is 3.57. The van der Waals surface area contributed by atoms with Crippen molar-refractivity contribution >= 4 is 29.1 Å². The average molecular weight is 342 g/mol. The van der Waals surface area contributed by atoms with Gasteiger partial charge in [-0.05, 0) is 42.8 Å². The molecule has 1 aromatic carbocycles. The summed E-state index contributed by atoms with van der Waals surface area (Å²) in [6, 6.07) is 8.14. The predicted molar refractivity (Wildman–Crippen MR) is 85.9 cm³/mol. The zero-order chi connectivity index (χ0) is 16.3. The Labute approximate surface area is 139 Å². The topological polar surface area (TPSA) is 53.7 Å². The number of benzene rings is 1. The van der Waals surface area contributed by atoms with E-state index in [2.05, 4.69) is 0 Å². The van der Waals surface area contributed by atoms with Crippen LogP contribution in [0.4, 0.5) is 0 Å².